The van der Waals surface area contributed by atoms with Crippen molar-refractivity contribution in [3.63, 3.8) is 0 Å². The number of hydrogen-bond donors (Lipinski definition) is 1. The summed E-state index contributed by atoms with van der Waals surface area (Å²) in [5, 5.41) is 13.8. The molecule has 0 unspecified atom stereocenters. The van der Waals surface area contributed by atoms with Crippen molar-refractivity contribution in [2.75, 3.05) is 19.1 Å². The number of rotatable bonds is 6. The van der Waals surface area contributed by atoms with Crippen LogP contribution in [0.5, 0.6) is 11.5 Å². The predicted octanol–water partition coefficient (Wildman–Crippen LogP) is 4.54. The summed E-state index contributed by atoms with van der Waals surface area (Å²) in [6, 6.07) is 7.56. The first-order chi connectivity index (χ1) is 16.2. The van der Waals surface area contributed by atoms with Gasteiger partial charge in [-0.3, -0.25) is 14.6 Å². The molecule has 9 nitrogen and oxygen atoms in total. The number of hydrogen-bond acceptors (Lipinski definition) is 8. The van der Waals surface area contributed by atoms with E-state index in [1.807, 2.05) is 0 Å². The molecule has 3 aromatic heterocycles. The molecule has 0 bridgehead atoms. The largest absolute Gasteiger partial charge is 0.503 e. The normalized spacial score (nSPS) is 12.1. The van der Waals surface area contributed by atoms with Gasteiger partial charge in [-0.15, -0.1) is 0 Å². The summed E-state index contributed by atoms with van der Waals surface area (Å²) in [5.74, 6) is -1.10. The maximum Gasteiger partial charge on any atom is 0.450 e. The van der Waals surface area contributed by atoms with Crippen molar-refractivity contribution in [3.8, 4) is 22.8 Å². The van der Waals surface area contributed by atoms with Gasteiger partial charge in [-0.05, 0) is 12.1 Å². The third-order valence-electron chi connectivity index (χ3n) is 4.80. The van der Waals surface area contributed by atoms with Crippen LogP contribution < -0.4 is 14.4 Å². The van der Waals surface area contributed by atoms with Crippen molar-refractivity contribution in [3.05, 3.63) is 60.9 Å². The van der Waals surface area contributed by atoms with Gasteiger partial charge in [-0.25, -0.2) is 9.97 Å². The van der Waals surface area contributed by atoms with Gasteiger partial charge in [0.25, 0.3) is 0 Å². The molecule has 3 heterocycles. The third-order valence-corrected chi connectivity index (χ3v) is 4.80. The SMILES string of the molecule is COc1cc(OC)cc(N(/C=C(\O)C(F)(F)F)c2ccc3ncc(-c4cnn(C)c4)nc3n2)c1. The van der Waals surface area contributed by atoms with Crippen molar-refractivity contribution in [1.29, 1.82) is 0 Å². The Bertz CT molecular complexity index is 1350. The number of nitrogens with zero attached hydrogens (tertiary/aromatic N) is 6. The highest BCUT2D eigenvalue weighted by atomic mass is 19.4. The summed E-state index contributed by atoms with van der Waals surface area (Å²) in [6.07, 6.45) is 0.476. The van der Waals surface area contributed by atoms with Crippen LogP contribution in [0.3, 0.4) is 0 Å². The number of methoxy groups -OCH3 is 2. The molecule has 0 aliphatic carbocycles. The first kappa shape index (κ1) is 22.8. The first-order valence-electron chi connectivity index (χ1n) is 9.81. The number of halogens is 3. The van der Waals surface area contributed by atoms with Crippen molar-refractivity contribution in [2.24, 2.45) is 7.05 Å². The summed E-state index contributed by atoms with van der Waals surface area (Å²) >= 11 is 0. The average molecular weight is 472 g/mol. The Morgan fingerprint density at radius 3 is 2.35 bits per heavy atom. The molecular weight excluding hydrogens is 453 g/mol. The molecule has 4 rings (SSSR count). The Balaban J connectivity index is 1.87. The molecule has 0 saturated heterocycles. The van der Waals surface area contributed by atoms with E-state index in [0.29, 0.717) is 34.5 Å². The number of alkyl halides is 3. The monoisotopic (exact) mass is 472 g/mol. The third kappa shape index (κ3) is 4.70. The van der Waals surface area contributed by atoms with Gasteiger partial charge >= 0.3 is 6.18 Å². The topological polar surface area (TPSA) is 98.4 Å². The van der Waals surface area contributed by atoms with Crippen molar-refractivity contribution in [1.82, 2.24) is 24.7 Å². The van der Waals surface area contributed by atoms with E-state index in [2.05, 4.69) is 20.1 Å². The molecule has 1 aromatic carbocycles. The van der Waals surface area contributed by atoms with Gasteiger partial charge in [0, 0.05) is 37.0 Å². The minimum absolute atomic E-state index is 0.0521. The van der Waals surface area contributed by atoms with Crippen molar-refractivity contribution >= 4 is 22.7 Å². The molecule has 176 valence electrons. The van der Waals surface area contributed by atoms with Crippen LogP contribution in [0.4, 0.5) is 24.7 Å². The number of ether oxygens (including phenoxy) is 2. The lowest BCUT2D eigenvalue weighted by Crippen LogP contribution is -2.18. The second-order valence-electron chi connectivity index (χ2n) is 7.12. The lowest BCUT2D eigenvalue weighted by atomic mass is 10.2. The molecule has 0 fully saturated rings. The van der Waals surface area contributed by atoms with E-state index in [-0.39, 0.29) is 17.2 Å². The average Bonchev–Trinajstić information content (AvgIpc) is 3.26. The van der Waals surface area contributed by atoms with Crippen LogP contribution in [-0.4, -0.2) is 50.2 Å². The van der Waals surface area contributed by atoms with Gasteiger partial charge in [0.15, 0.2) is 5.65 Å². The number of anilines is 2. The molecule has 0 atom stereocenters. The van der Waals surface area contributed by atoms with Crippen LogP contribution in [0.1, 0.15) is 0 Å². The maximum absolute atomic E-state index is 13.2. The zero-order chi connectivity index (χ0) is 24.5. The van der Waals surface area contributed by atoms with Crippen LogP contribution in [0.15, 0.2) is 60.9 Å². The molecule has 0 amide bonds. The van der Waals surface area contributed by atoms with Gasteiger partial charge in [0.1, 0.15) is 22.8 Å². The van der Waals surface area contributed by atoms with Crippen molar-refractivity contribution in [2.45, 2.75) is 6.18 Å². The fourth-order valence-electron chi connectivity index (χ4n) is 3.11. The second-order valence-corrected chi connectivity index (χ2v) is 7.12. The van der Waals surface area contributed by atoms with Crippen LogP contribution in [0.2, 0.25) is 0 Å². The highest BCUT2D eigenvalue weighted by Gasteiger charge is 2.35. The van der Waals surface area contributed by atoms with Gasteiger partial charge in [0.2, 0.25) is 5.76 Å². The fraction of sp³-hybridized carbons (Fsp3) is 0.182. The van der Waals surface area contributed by atoms with E-state index in [9.17, 15) is 18.3 Å². The first-order valence-corrected chi connectivity index (χ1v) is 9.81. The van der Waals surface area contributed by atoms with E-state index in [1.165, 1.54) is 32.4 Å². The number of pyridine rings is 1. The Kier molecular flexibility index (Phi) is 5.97. The van der Waals surface area contributed by atoms with E-state index < -0.39 is 11.9 Å². The van der Waals surface area contributed by atoms with E-state index >= 15 is 0 Å². The maximum atomic E-state index is 13.2. The standard InChI is InChI=1S/C22H19F3N6O3/c1-30-11-13(9-27-30)18-10-26-17-4-5-20(29-21(17)28-18)31(12-19(32)22(23,24)25)14-6-15(33-2)8-16(7-14)34-3/h4-12,32H,1-3H3/b19-12-. The van der Waals surface area contributed by atoms with Crippen LogP contribution in [0, 0.1) is 0 Å². The molecule has 1 N–H and O–H groups in total. The Morgan fingerprint density at radius 2 is 1.76 bits per heavy atom. The molecule has 0 saturated carbocycles. The van der Waals surface area contributed by atoms with E-state index in [4.69, 9.17) is 9.47 Å². The molecule has 12 heteroatoms. The summed E-state index contributed by atoms with van der Waals surface area (Å²) in [4.78, 5) is 14.3. The van der Waals surface area contributed by atoms with E-state index in [0.717, 1.165) is 4.90 Å². The van der Waals surface area contributed by atoms with Crippen LogP contribution >= 0.6 is 0 Å². The zero-order valence-electron chi connectivity index (χ0n) is 18.3. The second kappa shape index (κ2) is 8.89. The number of allylic oxidation sites excluding steroid dienone is 1. The molecule has 34 heavy (non-hydrogen) atoms. The quantitative estimate of drug-likeness (QED) is 0.409. The number of fused-ring (bicyclic) bond motifs is 1. The lowest BCUT2D eigenvalue weighted by Gasteiger charge is -2.22. The number of aromatic nitrogens is 5. The molecular formula is C22H19F3N6O3. The van der Waals surface area contributed by atoms with Gasteiger partial charge in [0.05, 0.1) is 44.2 Å². The summed E-state index contributed by atoms with van der Waals surface area (Å²) in [7, 11) is 4.58. The Labute approximate surface area is 191 Å². The molecule has 0 aliphatic rings. The summed E-state index contributed by atoms with van der Waals surface area (Å²) < 4.78 is 51.6. The Morgan fingerprint density at radius 1 is 1.06 bits per heavy atom. The molecule has 0 radical (unpaired) electrons. The van der Waals surface area contributed by atoms with Crippen LogP contribution in [0.25, 0.3) is 22.4 Å². The van der Waals surface area contributed by atoms with Gasteiger partial charge < -0.3 is 14.6 Å². The Hall–Kier alpha value is -4.35. The van der Waals surface area contributed by atoms with Crippen molar-refractivity contribution < 1.29 is 27.8 Å². The lowest BCUT2D eigenvalue weighted by molar-refractivity contribution is -0.120. The predicted molar refractivity (Wildman–Crippen MR) is 118 cm³/mol. The highest BCUT2D eigenvalue weighted by molar-refractivity contribution is 5.77. The zero-order valence-corrected chi connectivity index (χ0v) is 18.3. The molecule has 4 aromatic rings. The van der Waals surface area contributed by atoms with Gasteiger partial charge in [-0.2, -0.15) is 18.3 Å². The number of benzene rings is 1. The number of aliphatic hydroxyl groups excluding tert-OH is 1. The molecule has 0 aliphatic heterocycles. The highest BCUT2D eigenvalue weighted by Crippen LogP contribution is 2.35. The summed E-state index contributed by atoms with van der Waals surface area (Å²) in [5.41, 5.74) is 2.03. The minimum atomic E-state index is -4.97. The number of aliphatic hydroxyl groups is 1. The fourth-order valence-corrected chi connectivity index (χ4v) is 3.11. The molecule has 0 spiro atoms. The van der Waals surface area contributed by atoms with Gasteiger partial charge in [-0.1, -0.05) is 0 Å². The van der Waals surface area contributed by atoms with E-state index in [1.54, 1.807) is 42.5 Å². The minimum Gasteiger partial charge on any atom is -0.503 e. The smallest absolute Gasteiger partial charge is 0.450 e. The van der Waals surface area contributed by atoms with Crippen LogP contribution in [-0.2, 0) is 7.05 Å². The number of aryl methyl sites for hydroxylation is 1. The summed E-state index contributed by atoms with van der Waals surface area (Å²) in [6.45, 7) is 0.